The van der Waals surface area contributed by atoms with E-state index in [9.17, 15) is 0 Å². The van der Waals surface area contributed by atoms with Crippen LogP contribution in [0, 0.1) is 107 Å². The first-order chi connectivity index (χ1) is 45.7. The first-order valence-corrected chi connectivity index (χ1v) is 28.7. The van der Waals surface area contributed by atoms with Crippen LogP contribution in [0.1, 0.15) is 36.1 Å². The lowest BCUT2D eigenvalue weighted by molar-refractivity contribution is -0.288. The van der Waals surface area contributed by atoms with Gasteiger partial charge in [-0.05, 0) is 95.8 Å². The van der Waals surface area contributed by atoms with Crippen molar-refractivity contribution < 1.29 is 116 Å². The molecule has 0 fully saturated rings. The van der Waals surface area contributed by atoms with Crippen LogP contribution < -0.4 is 18.9 Å². The van der Waals surface area contributed by atoms with Gasteiger partial charge in [-0.15, -0.1) is 23.2 Å². The zero-order chi connectivity index (χ0) is 71.5. The number of aryl methyl sites for hydroxylation is 2. The van der Waals surface area contributed by atoms with Crippen molar-refractivity contribution in [2.75, 3.05) is 11.8 Å². The van der Waals surface area contributed by atoms with E-state index in [1.807, 2.05) is 57.2 Å². The molecule has 0 radical (unpaired) electrons. The van der Waals surface area contributed by atoms with Gasteiger partial charge in [0.15, 0.2) is 46.5 Å². The fourth-order valence-electron chi connectivity index (χ4n) is 9.68. The van der Waals surface area contributed by atoms with Crippen molar-refractivity contribution >= 4 is 23.2 Å². The molecule has 28 heteroatoms. The van der Waals surface area contributed by atoms with Gasteiger partial charge in [-0.1, -0.05) is 122 Å². The summed E-state index contributed by atoms with van der Waals surface area (Å²) in [6.45, 7) is 7.27. The zero-order valence-corrected chi connectivity index (χ0v) is 51.0. The minimum absolute atomic E-state index is 0.0386. The summed E-state index contributed by atoms with van der Waals surface area (Å²) in [5.74, 6) is -52.4. The maximum absolute atomic E-state index is 15.7. The fraction of sp³-hybridized carbons (Fsp3) is 0.130. The Morgan fingerprint density at radius 3 is 0.732 bits per heavy atom. The molecule has 0 aliphatic rings. The molecule has 0 aliphatic carbocycles. The van der Waals surface area contributed by atoms with Crippen LogP contribution in [0.4, 0.5) is 96.6 Å². The lowest BCUT2D eigenvalue weighted by Gasteiger charge is -2.38. The standard InChI is InChI=1S/C65H30F22O4.2C2H5Cl/c1-27-6-18-35(19-7-27)88-59-51(74)43(66)39(44(67)52(59)75)41-47(70)55(78)61(56(79)48(41)71)90-37-22-14-33(15-23-37)63(64(82,83)84,65(85,86)87)34-16-24-38(25-17-34)91-62-57(80)49(72)42(50(73)58(62)81)40-45(68)53(76)60(54(77)46(40)69)89-36-20-12-30(13-21-36)29-8-10-31(11-9-29)32-5-3-4-28(2)26-32;2*1-2-3/h3-26H,1-2H3;2*2H2,1H3. The predicted octanol–water partition coefficient (Wildman–Crippen LogP) is 24.3. The van der Waals surface area contributed by atoms with Gasteiger partial charge in [0.25, 0.3) is 0 Å². The number of rotatable bonds is 14. The lowest BCUT2D eigenvalue weighted by Crippen LogP contribution is -2.54. The number of halogens is 24. The van der Waals surface area contributed by atoms with Gasteiger partial charge in [-0.3, -0.25) is 0 Å². The summed E-state index contributed by atoms with van der Waals surface area (Å²) in [5.41, 5.74) is -13.8. The van der Waals surface area contributed by atoms with Crippen LogP contribution in [0.2, 0.25) is 0 Å². The van der Waals surface area contributed by atoms with E-state index in [0.29, 0.717) is 16.7 Å². The lowest BCUT2D eigenvalue weighted by atomic mass is 9.73. The minimum Gasteiger partial charge on any atom is -0.451 e. The predicted molar refractivity (Wildman–Crippen MR) is 315 cm³/mol. The van der Waals surface area contributed by atoms with E-state index < -0.39 is 190 Å². The van der Waals surface area contributed by atoms with Gasteiger partial charge < -0.3 is 18.9 Å². The Labute approximate surface area is 545 Å². The highest BCUT2D eigenvalue weighted by Crippen LogP contribution is 2.57. The molecular weight excluding hydrogens is 1380 g/mol. The highest BCUT2D eigenvalue weighted by atomic mass is 35.5. The minimum atomic E-state index is -6.48. The van der Waals surface area contributed by atoms with Gasteiger partial charge in [0.1, 0.15) is 23.0 Å². The van der Waals surface area contributed by atoms with E-state index in [0.717, 1.165) is 52.7 Å². The van der Waals surface area contributed by atoms with Gasteiger partial charge in [0, 0.05) is 11.8 Å². The van der Waals surface area contributed by atoms with Gasteiger partial charge in [0.05, 0.1) is 22.3 Å². The summed E-state index contributed by atoms with van der Waals surface area (Å²) in [6, 6.07) is 25.0. The fourth-order valence-corrected chi connectivity index (χ4v) is 9.68. The maximum Gasteiger partial charge on any atom is 0.411 e. The Kier molecular flexibility index (Phi) is 22.2. The Hall–Kier alpha value is -9.56. The normalized spacial score (nSPS) is 11.6. The van der Waals surface area contributed by atoms with E-state index in [1.165, 1.54) is 24.3 Å². The third kappa shape index (κ3) is 14.2. The summed E-state index contributed by atoms with van der Waals surface area (Å²) in [7, 11) is 0. The highest BCUT2D eigenvalue weighted by Gasteiger charge is 2.72. The number of benzene rings is 10. The SMILES string of the molecule is CCCl.CCCl.Cc1ccc(Oc2c(F)c(F)c(-c3c(F)c(F)c(Oc4ccc(C(c5ccc(Oc6c(F)c(F)c(-c7c(F)c(F)c(Oc8ccc(-c9ccc(-c%10cccc(C)c%10)cc9)cc8)c(F)c7F)c(F)c6F)cc5)(C(F)(F)F)C(F)(F)F)cc4)c(F)c3F)c(F)c2F)cc1. The van der Waals surface area contributed by atoms with Crippen LogP contribution in [-0.4, -0.2) is 24.1 Å². The van der Waals surface area contributed by atoms with E-state index in [4.69, 9.17) is 42.1 Å². The molecule has 0 amide bonds. The molecule has 0 unspecified atom stereocenters. The molecule has 97 heavy (non-hydrogen) atoms. The van der Waals surface area contributed by atoms with E-state index in [2.05, 4.69) is 0 Å². The number of hydrogen-bond donors (Lipinski definition) is 0. The van der Waals surface area contributed by atoms with Crippen molar-refractivity contribution in [1.29, 1.82) is 0 Å². The number of ether oxygens (including phenoxy) is 4. The largest absolute Gasteiger partial charge is 0.451 e. The molecule has 0 saturated carbocycles. The van der Waals surface area contributed by atoms with Crippen LogP contribution in [-0.2, 0) is 5.41 Å². The molecule has 508 valence electrons. The van der Waals surface area contributed by atoms with Crippen molar-refractivity contribution in [3.63, 3.8) is 0 Å². The summed E-state index contributed by atoms with van der Waals surface area (Å²) in [4.78, 5) is 0. The van der Waals surface area contributed by atoms with Crippen LogP contribution in [0.5, 0.6) is 46.0 Å². The number of hydrogen-bond acceptors (Lipinski definition) is 4. The molecule has 0 aromatic heterocycles. The quantitative estimate of drug-likeness (QED) is 0.0618. The molecule has 0 bridgehead atoms. The van der Waals surface area contributed by atoms with Crippen LogP contribution >= 0.6 is 23.2 Å². The third-order valence-corrected chi connectivity index (χ3v) is 14.1. The number of alkyl halides is 8. The Balaban J connectivity index is 0.00000193. The molecular formula is C69H40Cl2F22O4. The first-order valence-electron chi connectivity index (χ1n) is 27.7. The molecule has 4 nitrogen and oxygen atoms in total. The summed E-state index contributed by atoms with van der Waals surface area (Å²) >= 11 is 10.00. The summed E-state index contributed by atoms with van der Waals surface area (Å²) in [5, 5.41) is 0. The van der Waals surface area contributed by atoms with Gasteiger partial charge in [-0.2, -0.15) is 61.5 Å². The average molecular weight is 1420 g/mol. The second kappa shape index (κ2) is 29.4. The molecule has 0 saturated heterocycles. The molecule has 0 spiro atoms. The smallest absolute Gasteiger partial charge is 0.411 e. The van der Waals surface area contributed by atoms with Crippen LogP contribution in [0.25, 0.3) is 44.5 Å². The average Bonchev–Trinajstić information content (AvgIpc) is 0.728. The van der Waals surface area contributed by atoms with Crippen molar-refractivity contribution in [3.05, 3.63) is 261 Å². The van der Waals surface area contributed by atoms with Crippen molar-refractivity contribution in [1.82, 2.24) is 0 Å². The molecule has 0 heterocycles. The van der Waals surface area contributed by atoms with E-state index in [-0.39, 0.29) is 48.5 Å². The Bertz CT molecular complexity index is 4420. The molecule has 0 N–H and O–H groups in total. The van der Waals surface area contributed by atoms with Crippen molar-refractivity contribution in [3.8, 4) is 90.5 Å². The van der Waals surface area contributed by atoms with Gasteiger partial charge >= 0.3 is 12.4 Å². The Morgan fingerprint density at radius 2 is 0.495 bits per heavy atom. The van der Waals surface area contributed by atoms with Gasteiger partial charge in [0.2, 0.25) is 75.0 Å². The zero-order valence-electron chi connectivity index (χ0n) is 49.5. The van der Waals surface area contributed by atoms with E-state index in [1.54, 1.807) is 19.1 Å². The van der Waals surface area contributed by atoms with Crippen LogP contribution in [0.3, 0.4) is 0 Å². The van der Waals surface area contributed by atoms with Gasteiger partial charge in [-0.25, -0.2) is 35.1 Å². The van der Waals surface area contributed by atoms with Crippen molar-refractivity contribution in [2.24, 2.45) is 0 Å². The van der Waals surface area contributed by atoms with Crippen LogP contribution in [0.15, 0.2) is 146 Å². The first kappa shape index (κ1) is 73.3. The third-order valence-electron chi connectivity index (χ3n) is 14.1. The molecule has 10 aromatic rings. The molecule has 10 rings (SSSR count). The van der Waals surface area contributed by atoms with Crippen molar-refractivity contribution in [2.45, 2.75) is 45.5 Å². The summed E-state index contributed by atoms with van der Waals surface area (Å²) < 4.78 is 358. The second-order valence-corrected chi connectivity index (χ2v) is 21.4. The molecule has 0 atom stereocenters. The Morgan fingerprint density at radius 1 is 0.278 bits per heavy atom. The maximum atomic E-state index is 15.7. The monoisotopic (exact) mass is 1420 g/mol. The molecule has 0 aliphatic heterocycles. The highest BCUT2D eigenvalue weighted by molar-refractivity contribution is 6.17. The molecule has 10 aromatic carbocycles. The second-order valence-electron chi connectivity index (χ2n) is 20.4. The summed E-state index contributed by atoms with van der Waals surface area (Å²) in [6.07, 6.45) is -13.0. The topological polar surface area (TPSA) is 36.9 Å². The van der Waals surface area contributed by atoms with E-state index >= 15 is 96.6 Å².